The highest BCUT2D eigenvalue weighted by Crippen LogP contribution is 2.38. The van der Waals surface area contributed by atoms with Crippen LogP contribution in [0.15, 0.2) is 12.1 Å². The van der Waals surface area contributed by atoms with Crippen molar-refractivity contribution in [3.05, 3.63) is 28.8 Å². The summed E-state index contributed by atoms with van der Waals surface area (Å²) >= 11 is 0. The van der Waals surface area contributed by atoms with Gasteiger partial charge >= 0.3 is 0 Å². The summed E-state index contributed by atoms with van der Waals surface area (Å²) in [6.07, 6.45) is 84.5. The van der Waals surface area contributed by atoms with Crippen LogP contribution in [0, 0.1) is 0 Å². The van der Waals surface area contributed by atoms with Crippen molar-refractivity contribution in [2.24, 2.45) is 0 Å². The Morgan fingerprint density at radius 1 is 0.200 bits per heavy atom. The molecule has 0 bridgehead atoms. The fourth-order valence-electron chi connectivity index (χ4n) is 13.1. The number of rotatable bonds is 63. The molecule has 0 aliphatic rings. The Kier molecular flexibility index (Phi) is 55.7. The van der Waals surface area contributed by atoms with Gasteiger partial charge in [0.1, 0.15) is 5.69 Å². The minimum atomic E-state index is 1.32. The largest absolute Gasteiger partial charge is 0.291 e. The highest BCUT2D eigenvalue weighted by Gasteiger charge is 2.33. The molecule has 0 amide bonds. The standard InChI is InChI=1S/C74H144N/c1-7-13-19-25-31-33-35-37-39-41-43-45-47-49-55-61-69-75(68-60-54-30-24-18-12-6,70-62-56-50-48-46-44-42-40-38-36-34-32-26-20-14-8-2)74-67-66-71(63-57-51-27-21-15-9-3)72(64-58-52-28-22-16-10-4)73(74)65-59-53-29-23-17-11-5/h66-67H,7-65,68-70H2,1-6H3/q+1. The number of hydrogen-bond acceptors (Lipinski definition) is 0. The third kappa shape index (κ3) is 42.7. The molecule has 0 N–H and O–H groups in total. The second-order valence-corrected chi connectivity index (χ2v) is 25.4. The summed E-state index contributed by atoms with van der Waals surface area (Å²) in [7, 11) is 0. The van der Waals surface area contributed by atoms with E-state index < -0.39 is 0 Å². The van der Waals surface area contributed by atoms with Crippen molar-refractivity contribution in [2.45, 2.75) is 420 Å². The molecule has 1 heteroatoms. The van der Waals surface area contributed by atoms with E-state index in [1.54, 1.807) is 5.56 Å². The number of aryl methyl sites for hydroxylation is 1. The van der Waals surface area contributed by atoms with Crippen molar-refractivity contribution < 1.29 is 0 Å². The van der Waals surface area contributed by atoms with Gasteiger partial charge in [-0.05, 0) is 94.2 Å². The van der Waals surface area contributed by atoms with Crippen LogP contribution in [0.3, 0.4) is 0 Å². The first-order valence-corrected chi connectivity index (χ1v) is 36.1. The monoisotopic (exact) mass is 1050 g/mol. The Morgan fingerprint density at radius 3 is 0.653 bits per heavy atom. The molecule has 0 saturated heterocycles. The van der Waals surface area contributed by atoms with Gasteiger partial charge in [-0.15, -0.1) is 0 Å². The lowest BCUT2D eigenvalue weighted by molar-refractivity contribution is 0.250. The van der Waals surface area contributed by atoms with Gasteiger partial charge in [-0.1, -0.05) is 349 Å². The van der Waals surface area contributed by atoms with Crippen LogP contribution in [0.2, 0.25) is 0 Å². The molecule has 1 aromatic rings. The molecular weight excluding hydrogens is 903 g/mol. The van der Waals surface area contributed by atoms with E-state index in [1.807, 2.05) is 16.8 Å². The molecule has 75 heavy (non-hydrogen) atoms. The molecule has 0 atom stereocenters. The number of quaternary nitrogens is 1. The molecule has 0 spiro atoms. The summed E-state index contributed by atoms with van der Waals surface area (Å²) in [5, 5.41) is 0. The van der Waals surface area contributed by atoms with Gasteiger partial charge in [0.05, 0.1) is 19.6 Å². The molecule has 0 aliphatic heterocycles. The van der Waals surface area contributed by atoms with E-state index in [-0.39, 0.29) is 0 Å². The molecule has 1 nitrogen and oxygen atoms in total. The second-order valence-electron chi connectivity index (χ2n) is 25.4. The SMILES string of the molecule is CCCCCCCCCCCCCCCCCC[N+](CCCCCCCC)(CCCCCCCCCCCCCCCCCC)c1ccc(CCCCCCCC)c(CCCCCCCC)c1CCCCCCCC. The smallest absolute Gasteiger partial charge is 0.136 e. The fraction of sp³-hybridized carbons (Fsp3) is 0.919. The Hall–Kier alpha value is -0.820. The van der Waals surface area contributed by atoms with Crippen molar-refractivity contribution in [3.63, 3.8) is 0 Å². The molecule has 0 fully saturated rings. The zero-order chi connectivity index (χ0) is 54.1. The maximum atomic E-state index is 2.82. The molecule has 444 valence electrons. The van der Waals surface area contributed by atoms with E-state index in [4.69, 9.17) is 0 Å². The first-order valence-electron chi connectivity index (χ1n) is 36.1. The van der Waals surface area contributed by atoms with E-state index in [1.165, 1.54) is 403 Å². The van der Waals surface area contributed by atoms with E-state index >= 15 is 0 Å². The molecule has 0 aromatic heterocycles. The van der Waals surface area contributed by atoms with Crippen LogP contribution in [0.4, 0.5) is 5.69 Å². The van der Waals surface area contributed by atoms with Crippen molar-refractivity contribution in [1.29, 1.82) is 0 Å². The predicted molar refractivity (Wildman–Crippen MR) is 347 cm³/mol. The Balaban J connectivity index is 3.37. The molecular formula is C74H144N+. The van der Waals surface area contributed by atoms with Crippen molar-refractivity contribution in [2.75, 3.05) is 19.6 Å². The molecule has 0 radical (unpaired) electrons. The lowest BCUT2D eigenvalue weighted by atomic mass is 9.87. The van der Waals surface area contributed by atoms with Gasteiger partial charge in [-0.25, -0.2) is 0 Å². The van der Waals surface area contributed by atoms with Crippen LogP contribution in [0.5, 0.6) is 0 Å². The third-order valence-corrected chi connectivity index (χ3v) is 18.2. The molecule has 0 unspecified atom stereocenters. The van der Waals surface area contributed by atoms with Crippen LogP contribution in [-0.4, -0.2) is 19.6 Å². The average molecular weight is 1050 g/mol. The highest BCUT2D eigenvalue weighted by molar-refractivity contribution is 5.57. The van der Waals surface area contributed by atoms with E-state index in [9.17, 15) is 0 Å². The summed E-state index contributed by atoms with van der Waals surface area (Å²) in [6.45, 7) is 18.4. The van der Waals surface area contributed by atoms with Gasteiger partial charge in [0.15, 0.2) is 0 Å². The highest BCUT2D eigenvalue weighted by atomic mass is 15.4. The van der Waals surface area contributed by atoms with Crippen LogP contribution < -0.4 is 4.48 Å². The molecule has 0 saturated carbocycles. The van der Waals surface area contributed by atoms with Gasteiger partial charge in [0, 0.05) is 5.56 Å². The number of unbranched alkanes of at least 4 members (excludes halogenated alkanes) is 50. The zero-order valence-corrected chi connectivity index (χ0v) is 53.4. The van der Waals surface area contributed by atoms with Gasteiger partial charge in [-0.3, -0.25) is 4.48 Å². The van der Waals surface area contributed by atoms with Crippen LogP contribution in [-0.2, 0) is 19.3 Å². The average Bonchev–Trinajstić information content (AvgIpc) is 3.42. The lowest BCUT2D eigenvalue weighted by Crippen LogP contribution is -2.52. The Morgan fingerprint density at radius 2 is 0.400 bits per heavy atom. The number of hydrogen-bond donors (Lipinski definition) is 0. The van der Waals surface area contributed by atoms with Crippen molar-refractivity contribution in [3.8, 4) is 0 Å². The van der Waals surface area contributed by atoms with Crippen molar-refractivity contribution >= 4 is 5.69 Å². The number of nitrogens with zero attached hydrogens (tertiary/aromatic N) is 1. The summed E-state index contributed by atoms with van der Waals surface area (Å²) in [4.78, 5) is 0. The van der Waals surface area contributed by atoms with Gasteiger partial charge in [-0.2, -0.15) is 0 Å². The molecule has 0 aliphatic carbocycles. The third-order valence-electron chi connectivity index (χ3n) is 18.2. The first kappa shape index (κ1) is 72.2. The van der Waals surface area contributed by atoms with E-state index in [0.29, 0.717) is 0 Å². The van der Waals surface area contributed by atoms with Crippen LogP contribution >= 0.6 is 0 Å². The lowest BCUT2D eigenvalue weighted by Gasteiger charge is -2.41. The summed E-state index contributed by atoms with van der Waals surface area (Å²) in [6, 6.07) is 5.58. The maximum absolute atomic E-state index is 2.82. The zero-order valence-electron chi connectivity index (χ0n) is 53.4. The first-order chi connectivity index (χ1) is 37.1. The quantitative estimate of drug-likeness (QED) is 0.0451. The summed E-state index contributed by atoms with van der Waals surface area (Å²) in [5.41, 5.74) is 7.37. The van der Waals surface area contributed by atoms with Crippen LogP contribution in [0.1, 0.15) is 418 Å². The summed E-state index contributed by atoms with van der Waals surface area (Å²) in [5.74, 6) is 0. The second kappa shape index (κ2) is 57.9. The number of benzene rings is 1. The predicted octanol–water partition coefficient (Wildman–Crippen LogP) is 26.6. The minimum Gasteiger partial charge on any atom is -0.291 e. The molecule has 1 aromatic carbocycles. The molecule has 0 heterocycles. The van der Waals surface area contributed by atoms with Gasteiger partial charge in [0.2, 0.25) is 0 Å². The van der Waals surface area contributed by atoms with Gasteiger partial charge in [0.25, 0.3) is 0 Å². The van der Waals surface area contributed by atoms with E-state index in [2.05, 4.69) is 53.7 Å². The summed E-state index contributed by atoms with van der Waals surface area (Å²) < 4.78 is 1.32. The minimum absolute atomic E-state index is 1.32. The van der Waals surface area contributed by atoms with Crippen LogP contribution in [0.25, 0.3) is 0 Å². The Labute approximate surface area is 476 Å². The van der Waals surface area contributed by atoms with Crippen molar-refractivity contribution in [1.82, 2.24) is 4.48 Å². The normalized spacial score (nSPS) is 12.0. The molecule has 1 rings (SSSR count). The van der Waals surface area contributed by atoms with E-state index in [0.717, 1.165) is 0 Å². The fourth-order valence-corrected chi connectivity index (χ4v) is 13.1. The Bertz CT molecular complexity index is 1210. The maximum Gasteiger partial charge on any atom is 0.136 e. The van der Waals surface area contributed by atoms with Gasteiger partial charge < -0.3 is 0 Å². The topological polar surface area (TPSA) is 0 Å².